The highest BCUT2D eigenvalue weighted by Gasteiger charge is 2.30. The van der Waals surface area contributed by atoms with Crippen LogP contribution in [0.2, 0.25) is 0 Å². The molecule has 7 heteroatoms. The number of urea groups is 1. The second-order valence-corrected chi connectivity index (χ2v) is 13.5. The molecule has 2 atom stereocenters. The van der Waals surface area contributed by atoms with E-state index in [0.717, 1.165) is 36.8 Å². The topological polar surface area (TPSA) is 90.5 Å². The molecule has 228 valence electrons. The molecule has 0 unspecified atom stereocenters. The number of allylic oxidation sites excluding steroid dienone is 1. The van der Waals surface area contributed by atoms with Crippen molar-refractivity contribution in [1.29, 1.82) is 0 Å². The smallest absolute Gasteiger partial charge is 0.318 e. The van der Waals surface area contributed by atoms with Gasteiger partial charge >= 0.3 is 6.03 Å². The molecule has 3 N–H and O–H groups in total. The third-order valence-corrected chi connectivity index (χ3v) is 7.98. The predicted molar refractivity (Wildman–Crippen MR) is 167 cm³/mol. The molecule has 41 heavy (non-hydrogen) atoms. The van der Waals surface area contributed by atoms with Crippen molar-refractivity contribution in [2.75, 3.05) is 13.1 Å². The van der Waals surface area contributed by atoms with Crippen LogP contribution in [0, 0.1) is 11.8 Å². The lowest BCUT2D eigenvalue weighted by atomic mass is 9.88. The molecule has 0 aromatic heterocycles. The molecule has 3 rings (SSSR count). The van der Waals surface area contributed by atoms with Gasteiger partial charge in [0.15, 0.2) is 0 Å². The van der Waals surface area contributed by atoms with Crippen LogP contribution in [0.3, 0.4) is 0 Å². The van der Waals surface area contributed by atoms with Crippen LogP contribution in [0.25, 0.3) is 6.08 Å². The highest BCUT2D eigenvalue weighted by Crippen LogP contribution is 2.25. The third-order valence-electron chi connectivity index (χ3n) is 7.98. The molecule has 0 radical (unpaired) electrons. The molecule has 2 aliphatic rings. The number of hydrogen-bond donors (Lipinski definition) is 3. The SMILES string of the molecule is CC(C)C[C@H](NC(=O)N1CCCCCC1)C(=O)N[C@@H](Cc1ccc(/C=C\C2CCCCC2)cc1)C(=O)NC(C)(C)C. The largest absolute Gasteiger partial charge is 0.350 e. The molecule has 1 saturated heterocycles. The Morgan fingerprint density at radius 1 is 0.854 bits per heavy atom. The van der Waals surface area contributed by atoms with E-state index in [1.807, 2.05) is 51.7 Å². The summed E-state index contributed by atoms with van der Waals surface area (Å²) in [5.74, 6) is 0.325. The average molecular weight is 567 g/mol. The Labute approximate surface area is 248 Å². The van der Waals surface area contributed by atoms with E-state index in [2.05, 4.69) is 40.2 Å². The van der Waals surface area contributed by atoms with Gasteiger partial charge in [-0.1, -0.05) is 82.4 Å². The Bertz CT molecular complexity index is 998. The first kappa shape index (κ1) is 32.7. The van der Waals surface area contributed by atoms with Gasteiger partial charge in [0.1, 0.15) is 12.1 Å². The molecule has 2 fully saturated rings. The lowest BCUT2D eigenvalue weighted by Crippen LogP contribution is -2.58. The summed E-state index contributed by atoms with van der Waals surface area (Å²) in [6, 6.07) is 6.59. The van der Waals surface area contributed by atoms with E-state index in [0.29, 0.717) is 31.8 Å². The van der Waals surface area contributed by atoms with E-state index in [1.54, 1.807) is 0 Å². The molecule has 0 spiro atoms. The van der Waals surface area contributed by atoms with E-state index in [-0.39, 0.29) is 23.8 Å². The van der Waals surface area contributed by atoms with Crippen LogP contribution in [-0.4, -0.2) is 53.5 Å². The maximum absolute atomic E-state index is 13.6. The molecule has 1 aliphatic carbocycles. The maximum atomic E-state index is 13.6. The van der Waals surface area contributed by atoms with E-state index < -0.39 is 17.6 Å². The first-order valence-electron chi connectivity index (χ1n) is 15.9. The second-order valence-electron chi connectivity index (χ2n) is 13.5. The summed E-state index contributed by atoms with van der Waals surface area (Å²) in [6.45, 7) is 11.3. The van der Waals surface area contributed by atoms with Crippen molar-refractivity contribution in [3.05, 3.63) is 41.5 Å². The van der Waals surface area contributed by atoms with Crippen LogP contribution >= 0.6 is 0 Å². The fraction of sp³-hybridized carbons (Fsp3) is 0.676. The lowest BCUT2D eigenvalue weighted by Gasteiger charge is -2.29. The summed E-state index contributed by atoms with van der Waals surface area (Å²) in [5.41, 5.74) is 1.68. The molecule has 1 heterocycles. The van der Waals surface area contributed by atoms with Crippen LogP contribution < -0.4 is 16.0 Å². The van der Waals surface area contributed by atoms with Gasteiger partial charge in [-0.05, 0) is 75.8 Å². The standard InChI is InChI=1S/C34H54N4O3/c1-25(2)23-29(36-33(41)38-21-11-6-7-12-22-38)31(39)35-30(32(40)37-34(3,4)5)24-28-19-17-27(18-20-28)16-15-26-13-9-8-10-14-26/h15-20,25-26,29-30H,6-14,21-24H2,1-5H3,(H,35,39)(H,36,41)(H,37,40)/b16-15-/t29-,30-/m0/s1. The normalized spacial score (nSPS) is 18.5. The van der Waals surface area contributed by atoms with Gasteiger partial charge in [0, 0.05) is 25.0 Å². The Kier molecular flexibility index (Phi) is 12.7. The summed E-state index contributed by atoms with van der Waals surface area (Å²) in [5, 5.41) is 9.02. The Morgan fingerprint density at radius 2 is 1.46 bits per heavy atom. The van der Waals surface area contributed by atoms with Crippen LogP contribution in [-0.2, 0) is 16.0 Å². The van der Waals surface area contributed by atoms with Gasteiger partial charge in [-0.25, -0.2) is 4.79 Å². The quantitative estimate of drug-likeness (QED) is 0.314. The fourth-order valence-corrected chi connectivity index (χ4v) is 5.73. The molecule has 1 aromatic rings. The summed E-state index contributed by atoms with van der Waals surface area (Å²) in [4.78, 5) is 41.9. The van der Waals surface area contributed by atoms with E-state index in [9.17, 15) is 14.4 Å². The Balaban J connectivity index is 1.70. The van der Waals surface area contributed by atoms with Gasteiger partial charge < -0.3 is 20.9 Å². The molecule has 1 saturated carbocycles. The zero-order valence-electron chi connectivity index (χ0n) is 26.1. The second kappa shape index (κ2) is 16.0. The summed E-state index contributed by atoms with van der Waals surface area (Å²) in [7, 11) is 0. The van der Waals surface area contributed by atoms with Gasteiger partial charge in [0.25, 0.3) is 0 Å². The molecule has 4 amide bonds. The van der Waals surface area contributed by atoms with Crippen LogP contribution in [0.1, 0.15) is 110 Å². The van der Waals surface area contributed by atoms with Gasteiger partial charge in [0.2, 0.25) is 11.8 Å². The number of carbonyl (C=O) groups is 3. The van der Waals surface area contributed by atoms with Gasteiger partial charge in [-0.15, -0.1) is 0 Å². The van der Waals surface area contributed by atoms with Gasteiger partial charge in [0.05, 0.1) is 0 Å². The minimum atomic E-state index is -0.755. The van der Waals surface area contributed by atoms with Crippen LogP contribution in [0.4, 0.5) is 4.79 Å². The monoisotopic (exact) mass is 566 g/mol. The summed E-state index contributed by atoms with van der Waals surface area (Å²) < 4.78 is 0. The zero-order valence-corrected chi connectivity index (χ0v) is 26.1. The van der Waals surface area contributed by atoms with Crippen molar-refractivity contribution < 1.29 is 14.4 Å². The highest BCUT2D eigenvalue weighted by atomic mass is 16.2. The Hall–Kier alpha value is -2.83. The van der Waals surface area contributed by atoms with Crippen molar-refractivity contribution in [1.82, 2.24) is 20.9 Å². The van der Waals surface area contributed by atoms with Crippen molar-refractivity contribution in [3.8, 4) is 0 Å². The fourth-order valence-electron chi connectivity index (χ4n) is 5.73. The number of amides is 4. The van der Waals surface area contributed by atoms with Crippen molar-refractivity contribution in [2.45, 2.75) is 123 Å². The van der Waals surface area contributed by atoms with Gasteiger partial charge in [-0.2, -0.15) is 0 Å². The predicted octanol–water partition coefficient (Wildman–Crippen LogP) is 6.22. The molecule has 0 bridgehead atoms. The lowest BCUT2D eigenvalue weighted by molar-refractivity contribution is -0.130. The number of rotatable bonds is 10. The first-order chi connectivity index (χ1) is 19.5. The zero-order chi connectivity index (χ0) is 29.8. The van der Waals surface area contributed by atoms with Crippen molar-refractivity contribution >= 4 is 23.9 Å². The number of nitrogens with zero attached hydrogens (tertiary/aromatic N) is 1. The molecular formula is C34H54N4O3. The number of benzene rings is 1. The Morgan fingerprint density at radius 3 is 2.05 bits per heavy atom. The van der Waals surface area contributed by atoms with E-state index >= 15 is 0 Å². The number of hydrogen-bond acceptors (Lipinski definition) is 3. The first-order valence-corrected chi connectivity index (χ1v) is 15.9. The van der Waals surface area contributed by atoms with E-state index in [1.165, 1.54) is 32.1 Å². The molecule has 1 aromatic carbocycles. The summed E-state index contributed by atoms with van der Waals surface area (Å²) >= 11 is 0. The molecule has 7 nitrogen and oxygen atoms in total. The average Bonchev–Trinajstić information content (AvgIpc) is 3.21. The third kappa shape index (κ3) is 11.9. The molecule has 1 aliphatic heterocycles. The summed E-state index contributed by atoms with van der Waals surface area (Å²) in [6.07, 6.45) is 16.2. The maximum Gasteiger partial charge on any atom is 0.318 e. The molecular weight excluding hydrogens is 512 g/mol. The number of likely N-dealkylation sites (tertiary alicyclic amines) is 1. The minimum Gasteiger partial charge on any atom is -0.350 e. The van der Waals surface area contributed by atoms with Crippen molar-refractivity contribution in [2.24, 2.45) is 11.8 Å². The van der Waals surface area contributed by atoms with Crippen LogP contribution in [0.5, 0.6) is 0 Å². The minimum absolute atomic E-state index is 0.194. The number of nitrogens with one attached hydrogen (secondary N) is 3. The van der Waals surface area contributed by atoms with E-state index in [4.69, 9.17) is 0 Å². The number of carbonyl (C=O) groups excluding carboxylic acids is 3. The van der Waals surface area contributed by atoms with Crippen molar-refractivity contribution in [3.63, 3.8) is 0 Å². The van der Waals surface area contributed by atoms with Gasteiger partial charge in [-0.3, -0.25) is 9.59 Å². The highest BCUT2D eigenvalue weighted by molar-refractivity contribution is 5.92. The van der Waals surface area contributed by atoms with Crippen LogP contribution in [0.15, 0.2) is 30.3 Å².